The molecule has 1 N–H and O–H groups in total. The predicted octanol–water partition coefficient (Wildman–Crippen LogP) is 6.93. The second-order valence-corrected chi connectivity index (χ2v) is 7.26. The Labute approximate surface area is 146 Å². The Morgan fingerprint density at radius 2 is 0.591 bits per heavy atom. The Balaban J connectivity index is 2.91. The van der Waals surface area contributed by atoms with Crippen LogP contribution in [0.2, 0.25) is 0 Å². The zero-order valence-electron chi connectivity index (χ0n) is 15.0. The van der Waals surface area contributed by atoms with E-state index in [0.29, 0.717) is 6.61 Å². The van der Waals surface area contributed by atoms with Gasteiger partial charge in [-0.1, -0.05) is 103 Å². The maximum atomic E-state index is 8.70. The molecule has 0 rings (SSSR count). The fourth-order valence-electron chi connectivity index (χ4n) is 3.05. The Kier molecular flexibility index (Phi) is 21.6. The topological polar surface area (TPSA) is 20.2 Å². The number of rotatable bonds is 19. The minimum absolute atomic E-state index is 0.371. The molecule has 0 aliphatic rings. The van der Waals surface area contributed by atoms with Crippen LogP contribution in [0.25, 0.3) is 0 Å². The van der Waals surface area contributed by atoms with Gasteiger partial charge in [-0.25, -0.2) is 0 Å². The summed E-state index contributed by atoms with van der Waals surface area (Å²) in [4.78, 5) is 0. The van der Waals surface area contributed by atoms with E-state index in [9.17, 15) is 0 Å². The number of hydrogen-bond acceptors (Lipinski definition) is 2. The minimum Gasteiger partial charge on any atom is -0.396 e. The van der Waals surface area contributed by atoms with Crippen molar-refractivity contribution in [2.75, 3.05) is 12.4 Å². The van der Waals surface area contributed by atoms with E-state index in [4.69, 9.17) is 5.11 Å². The van der Waals surface area contributed by atoms with E-state index in [1.54, 1.807) is 0 Å². The Morgan fingerprint density at radius 1 is 0.364 bits per heavy atom. The summed E-state index contributed by atoms with van der Waals surface area (Å²) in [7, 11) is 0. The summed E-state index contributed by atoms with van der Waals surface area (Å²) in [6.45, 7) is 0.371. The van der Waals surface area contributed by atoms with Crippen LogP contribution in [-0.4, -0.2) is 17.5 Å². The molecule has 0 radical (unpaired) electrons. The van der Waals surface area contributed by atoms with Crippen molar-refractivity contribution in [2.24, 2.45) is 0 Å². The monoisotopic (exact) mass is 330 g/mol. The van der Waals surface area contributed by atoms with Gasteiger partial charge < -0.3 is 5.11 Å². The highest BCUT2D eigenvalue weighted by molar-refractivity contribution is 7.80. The number of unbranched alkanes of at least 4 members (excludes halogenated alkanes) is 17. The third-order valence-corrected chi connectivity index (χ3v) is 4.88. The molecule has 0 aromatic carbocycles. The summed E-state index contributed by atoms with van der Waals surface area (Å²) in [5.74, 6) is 1.06. The minimum atomic E-state index is 0.371. The SMILES string of the molecule is OCCCCCCCCCCCCCCCCCCCCS. The molecule has 0 aliphatic carbocycles. The Morgan fingerprint density at radius 3 is 0.818 bits per heavy atom. The summed E-state index contributed by atoms with van der Waals surface area (Å²) in [6.07, 6.45) is 24.8. The highest BCUT2D eigenvalue weighted by Gasteiger charge is 1.94. The molecule has 22 heavy (non-hydrogen) atoms. The molecule has 0 aromatic rings. The molecule has 0 atom stereocenters. The van der Waals surface area contributed by atoms with E-state index >= 15 is 0 Å². The standard InChI is InChI=1S/C20H42OS/c21-19-17-15-13-11-9-7-5-3-1-2-4-6-8-10-12-14-16-18-20-22/h21-22H,1-20H2. The van der Waals surface area contributed by atoms with Crippen LogP contribution < -0.4 is 0 Å². The molecule has 0 amide bonds. The highest BCUT2D eigenvalue weighted by atomic mass is 32.1. The normalized spacial score (nSPS) is 11.2. The third-order valence-electron chi connectivity index (χ3n) is 4.57. The van der Waals surface area contributed by atoms with Gasteiger partial charge in [-0.05, 0) is 18.6 Å². The van der Waals surface area contributed by atoms with Crippen LogP contribution in [0.5, 0.6) is 0 Å². The lowest BCUT2D eigenvalue weighted by atomic mass is 10.0. The van der Waals surface area contributed by atoms with E-state index in [-0.39, 0.29) is 0 Å². The molecule has 0 aliphatic heterocycles. The van der Waals surface area contributed by atoms with Gasteiger partial charge in [-0.15, -0.1) is 0 Å². The first kappa shape index (κ1) is 22.3. The zero-order chi connectivity index (χ0) is 16.1. The molecule has 0 spiro atoms. The van der Waals surface area contributed by atoms with Gasteiger partial charge in [0.15, 0.2) is 0 Å². The van der Waals surface area contributed by atoms with E-state index in [1.807, 2.05) is 0 Å². The first-order valence-electron chi connectivity index (χ1n) is 10.1. The van der Waals surface area contributed by atoms with Gasteiger partial charge in [0.2, 0.25) is 0 Å². The largest absolute Gasteiger partial charge is 0.396 e. The van der Waals surface area contributed by atoms with Crippen molar-refractivity contribution in [3.8, 4) is 0 Å². The van der Waals surface area contributed by atoms with Crippen molar-refractivity contribution >= 4 is 12.6 Å². The number of thiol groups is 1. The van der Waals surface area contributed by atoms with Crippen molar-refractivity contribution in [3.05, 3.63) is 0 Å². The molecule has 0 heterocycles. The molecule has 0 aromatic heterocycles. The Bertz CT molecular complexity index is 165. The van der Waals surface area contributed by atoms with Crippen LogP contribution in [0.15, 0.2) is 0 Å². The first-order chi connectivity index (χ1) is 10.9. The molecule has 134 valence electrons. The molecule has 0 bridgehead atoms. The van der Waals surface area contributed by atoms with Crippen molar-refractivity contribution in [3.63, 3.8) is 0 Å². The molecular formula is C20H42OS. The van der Waals surface area contributed by atoms with Crippen molar-refractivity contribution < 1.29 is 5.11 Å². The summed E-state index contributed by atoms with van der Waals surface area (Å²) in [6, 6.07) is 0. The van der Waals surface area contributed by atoms with Crippen LogP contribution in [-0.2, 0) is 0 Å². The van der Waals surface area contributed by atoms with Crippen molar-refractivity contribution in [2.45, 2.75) is 116 Å². The van der Waals surface area contributed by atoms with Gasteiger partial charge in [-0.2, -0.15) is 12.6 Å². The van der Waals surface area contributed by atoms with Crippen LogP contribution >= 0.6 is 12.6 Å². The van der Waals surface area contributed by atoms with Crippen LogP contribution in [0.4, 0.5) is 0 Å². The van der Waals surface area contributed by atoms with Gasteiger partial charge >= 0.3 is 0 Å². The van der Waals surface area contributed by atoms with E-state index in [2.05, 4.69) is 12.6 Å². The molecule has 1 nitrogen and oxygen atoms in total. The van der Waals surface area contributed by atoms with Crippen LogP contribution in [0, 0.1) is 0 Å². The summed E-state index contributed by atoms with van der Waals surface area (Å²) in [5, 5.41) is 8.70. The maximum absolute atomic E-state index is 8.70. The van der Waals surface area contributed by atoms with Gasteiger partial charge in [0.1, 0.15) is 0 Å². The second kappa shape index (κ2) is 21.3. The maximum Gasteiger partial charge on any atom is 0.0431 e. The highest BCUT2D eigenvalue weighted by Crippen LogP contribution is 2.14. The van der Waals surface area contributed by atoms with Crippen molar-refractivity contribution in [1.82, 2.24) is 0 Å². The molecule has 0 unspecified atom stereocenters. The molecule has 0 saturated carbocycles. The Hall–Kier alpha value is 0.310. The molecule has 0 saturated heterocycles. The number of aliphatic hydroxyl groups is 1. The second-order valence-electron chi connectivity index (χ2n) is 6.81. The number of aliphatic hydroxyl groups excluding tert-OH is 1. The summed E-state index contributed by atoms with van der Waals surface area (Å²) < 4.78 is 0. The average Bonchev–Trinajstić information content (AvgIpc) is 2.54. The lowest BCUT2D eigenvalue weighted by Crippen LogP contribution is -1.85. The van der Waals surface area contributed by atoms with E-state index in [1.165, 1.54) is 109 Å². The average molecular weight is 331 g/mol. The van der Waals surface area contributed by atoms with Gasteiger partial charge in [0, 0.05) is 6.61 Å². The van der Waals surface area contributed by atoms with E-state index in [0.717, 1.165) is 12.2 Å². The number of hydrogen-bond donors (Lipinski definition) is 2. The van der Waals surface area contributed by atoms with E-state index < -0.39 is 0 Å². The zero-order valence-corrected chi connectivity index (χ0v) is 15.9. The van der Waals surface area contributed by atoms with Crippen LogP contribution in [0.1, 0.15) is 116 Å². The van der Waals surface area contributed by atoms with Gasteiger partial charge in [-0.3, -0.25) is 0 Å². The lowest BCUT2D eigenvalue weighted by Gasteiger charge is -2.03. The van der Waals surface area contributed by atoms with Crippen LogP contribution in [0.3, 0.4) is 0 Å². The van der Waals surface area contributed by atoms with Crippen molar-refractivity contribution in [1.29, 1.82) is 0 Å². The summed E-state index contributed by atoms with van der Waals surface area (Å²) >= 11 is 4.25. The smallest absolute Gasteiger partial charge is 0.0431 e. The fraction of sp³-hybridized carbons (Fsp3) is 1.00. The first-order valence-corrected chi connectivity index (χ1v) is 10.8. The van der Waals surface area contributed by atoms with Gasteiger partial charge in [0.25, 0.3) is 0 Å². The predicted molar refractivity (Wildman–Crippen MR) is 104 cm³/mol. The third kappa shape index (κ3) is 20.3. The summed E-state index contributed by atoms with van der Waals surface area (Å²) in [5.41, 5.74) is 0. The van der Waals surface area contributed by atoms with Gasteiger partial charge in [0.05, 0.1) is 0 Å². The molecule has 0 fully saturated rings. The quantitative estimate of drug-likeness (QED) is 0.194. The molecule has 2 heteroatoms. The lowest BCUT2D eigenvalue weighted by molar-refractivity contribution is 0.282. The molecular weight excluding hydrogens is 288 g/mol. The fourth-order valence-corrected chi connectivity index (χ4v) is 3.28.